The molecule has 0 amide bonds. The second kappa shape index (κ2) is 7.01. The first-order valence-electron chi connectivity index (χ1n) is 6.93. The quantitative estimate of drug-likeness (QED) is 0.269. The molecule has 0 aromatic rings. The maximum Gasteiger partial charge on any atom is 0.187 e. The van der Waals surface area contributed by atoms with Crippen molar-refractivity contribution in [3.8, 4) is 0 Å². The van der Waals surface area contributed by atoms with Crippen LogP contribution < -0.4 is 0 Å². The summed E-state index contributed by atoms with van der Waals surface area (Å²) in [7, 11) is 0. The highest BCUT2D eigenvalue weighted by Gasteiger charge is 2.49. The maximum atomic E-state index is 9.92. The number of hydrogen-bond acceptors (Lipinski definition) is 10. The summed E-state index contributed by atoms with van der Waals surface area (Å²) < 4.78 is 15.5. The Bertz CT molecular complexity index is 366. The van der Waals surface area contributed by atoms with Gasteiger partial charge in [-0.3, -0.25) is 0 Å². The second-order valence-corrected chi connectivity index (χ2v) is 5.51. The van der Waals surface area contributed by atoms with Crippen molar-refractivity contribution in [2.45, 2.75) is 68.3 Å². The molecule has 0 bridgehead atoms. The van der Waals surface area contributed by atoms with E-state index in [9.17, 15) is 30.6 Å². The average Bonchev–Trinajstić information content (AvgIpc) is 2.49. The molecule has 10 heteroatoms. The van der Waals surface area contributed by atoms with E-state index in [4.69, 9.17) is 19.3 Å². The lowest BCUT2D eigenvalue weighted by Crippen LogP contribution is -2.63. The molecule has 0 unspecified atom stereocenters. The predicted molar refractivity (Wildman–Crippen MR) is 67.2 cm³/mol. The highest BCUT2D eigenvalue weighted by molar-refractivity contribution is 4.92. The van der Waals surface area contributed by atoms with Crippen LogP contribution in [0.5, 0.6) is 0 Å². The highest BCUT2D eigenvalue weighted by atomic mass is 16.7. The minimum atomic E-state index is -1.64. The summed E-state index contributed by atoms with van der Waals surface area (Å²) in [6.45, 7) is 0.846. The van der Waals surface area contributed by atoms with Crippen LogP contribution >= 0.6 is 0 Å². The van der Waals surface area contributed by atoms with Crippen LogP contribution in [0.3, 0.4) is 0 Å². The fourth-order valence-corrected chi connectivity index (χ4v) is 2.54. The third-order valence-corrected chi connectivity index (χ3v) is 3.94. The van der Waals surface area contributed by atoms with Crippen molar-refractivity contribution in [3.63, 3.8) is 0 Å². The number of aliphatic hydroxyl groups is 7. The molecule has 10 atom stereocenters. The van der Waals surface area contributed by atoms with E-state index < -0.39 is 68.0 Å². The van der Waals surface area contributed by atoms with Crippen molar-refractivity contribution in [1.29, 1.82) is 0 Å². The second-order valence-electron chi connectivity index (χ2n) is 5.51. The van der Waals surface area contributed by atoms with Crippen molar-refractivity contribution in [1.82, 2.24) is 0 Å². The molecule has 130 valence electrons. The Labute approximate surface area is 126 Å². The molecule has 0 aliphatic carbocycles. The molecule has 2 aliphatic heterocycles. The van der Waals surface area contributed by atoms with Gasteiger partial charge in [0.1, 0.15) is 42.7 Å². The fourth-order valence-electron chi connectivity index (χ4n) is 2.54. The summed E-state index contributed by atoms with van der Waals surface area (Å²) >= 11 is 0. The van der Waals surface area contributed by atoms with Gasteiger partial charge in [-0.25, -0.2) is 0 Å². The molecule has 0 spiro atoms. The zero-order chi connectivity index (χ0) is 16.6. The van der Waals surface area contributed by atoms with Gasteiger partial charge < -0.3 is 50.0 Å². The van der Waals surface area contributed by atoms with Crippen LogP contribution in [0.25, 0.3) is 0 Å². The molecule has 0 aromatic carbocycles. The zero-order valence-corrected chi connectivity index (χ0v) is 11.8. The standard InChI is InChI=1S/C12H22O10/c1-3-10(7(16)8(17)11(19)20-3)22-12-9(18)6(15)5(14)4(2-13)21-12/h3-19H,2H2,1H3/t3-,4-,5-,6+,7-,8-,9-,10+,11+,12+/m1/s1. The first kappa shape index (κ1) is 17.9. The van der Waals surface area contributed by atoms with Gasteiger partial charge in [-0.1, -0.05) is 0 Å². The van der Waals surface area contributed by atoms with Gasteiger partial charge in [0.25, 0.3) is 0 Å². The van der Waals surface area contributed by atoms with Crippen LogP contribution in [0.15, 0.2) is 0 Å². The summed E-state index contributed by atoms with van der Waals surface area (Å²) in [4.78, 5) is 0. The lowest BCUT2D eigenvalue weighted by atomic mass is 9.97. The third kappa shape index (κ3) is 3.26. The molecular formula is C12H22O10. The average molecular weight is 326 g/mol. The van der Waals surface area contributed by atoms with Crippen molar-refractivity contribution < 1.29 is 50.0 Å². The van der Waals surface area contributed by atoms with E-state index in [0.29, 0.717) is 0 Å². The zero-order valence-electron chi connectivity index (χ0n) is 11.8. The molecule has 22 heavy (non-hydrogen) atoms. The molecule has 2 heterocycles. The van der Waals surface area contributed by atoms with Crippen molar-refractivity contribution >= 4 is 0 Å². The Morgan fingerprint density at radius 3 is 2.05 bits per heavy atom. The van der Waals surface area contributed by atoms with Gasteiger partial charge >= 0.3 is 0 Å². The van der Waals surface area contributed by atoms with Crippen LogP contribution in [-0.2, 0) is 14.2 Å². The molecule has 10 nitrogen and oxygen atoms in total. The summed E-state index contributed by atoms with van der Waals surface area (Å²) in [5.41, 5.74) is 0. The summed E-state index contributed by atoms with van der Waals surface area (Å²) in [5, 5.41) is 67.2. The fraction of sp³-hybridized carbons (Fsp3) is 1.00. The lowest BCUT2D eigenvalue weighted by molar-refractivity contribution is -0.351. The minimum absolute atomic E-state index is 0.620. The van der Waals surface area contributed by atoms with Crippen LogP contribution in [0, 0.1) is 0 Å². The molecule has 0 radical (unpaired) electrons. The first-order valence-corrected chi connectivity index (χ1v) is 6.93. The number of aliphatic hydroxyl groups excluding tert-OH is 7. The Morgan fingerprint density at radius 1 is 0.818 bits per heavy atom. The van der Waals surface area contributed by atoms with Gasteiger partial charge in [0.05, 0.1) is 12.7 Å². The molecule has 2 saturated heterocycles. The molecule has 2 aliphatic rings. The van der Waals surface area contributed by atoms with E-state index >= 15 is 0 Å². The molecule has 7 N–H and O–H groups in total. The molecule has 2 fully saturated rings. The van der Waals surface area contributed by atoms with E-state index in [1.54, 1.807) is 0 Å². The molecular weight excluding hydrogens is 304 g/mol. The Hall–Kier alpha value is -0.400. The Balaban J connectivity index is 2.08. The van der Waals surface area contributed by atoms with Gasteiger partial charge in [-0.2, -0.15) is 0 Å². The highest BCUT2D eigenvalue weighted by Crippen LogP contribution is 2.28. The summed E-state index contributed by atoms with van der Waals surface area (Å²) in [5.74, 6) is 0. The Morgan fingerprint density at radius 2 is 1.45 bits per heavy atom. The lowest BCUT2D eigenvalue weighted by Gasteiger charge is -2.44. The maximum absolute atomic E-state index is 9.92. The monoisotopic (exact) mass is 326 g/mol. The van der Waals surface area contributed by atoms with Crippen LogP contribution in [-0.4, -0.2) is 104 Å². The van der Waals surface area contributed by atoms with Gasteiger partial charge in [-0.15, -0.1) is 0 Å². The van der Waals surface area contributed by atoms with Crippen LogP contribution in [0.2, 0.25) is 0 Å². The molecule has 0 saturated carbocycles. The van der Waals surface area contributed by atoms with Crippen molar-refractivity contribution in [2.75, 3.05) is 6.61 Å². The van der Waals surface area contributed by atoms with Gasteiger partial charge in [0, 0.05) is 0 Å². The third-order valence-electron chi connectivity index (χ3n) is 3.94. The van der Waals surface area contributed by atoms with Gasteiger partial charge in [-0.05, 0) is 6.92 Å². The van der Waals surface area contributed by atoms with Crippen LogP contribution in [0.1, 0.15) is 6.92 Å². The van der Waals surface area contributed by atoms with E-state index in [2.05, 4.69) is 0 Å². The Kier molecular flexibility index (Phi) is 5.72. The van der Waals surface area contributed by atoms with E-state index in [0.717, 1.165) is 0 Å². The smallest absolute Gasteiger partial charge is 0.187 e. The van der Waals surface area contributed by atoms with Gasteiger partial charge in [0.2, 0.25) is 0 Å². The van der Waals surface area contributed by atoms with E-state index in [-0.39, 0.29) is 0 Å². The number of hydrogen-bond donors (Lipinski definition) is 7. The van der Waals surface area contributed by atoms with Gasteiger partial charge in [0.15, 0.2) is 12.6 Å². The van der Waals surface area contributed by atoms with Crippen LogP contribution in [0.4, 0.5) is 0 Å². The largest absolute Gasteiger partial charge is 0.394 e. The first-order chi connectivity index (χ1) is 10.3. The normalized spacial score (nSPS) is 53.5. The van der Waals surface area contributed by atoms with E-state index in [1.165, 1.54) is 6.92 Å². The van der Waals surface area contributed by atoms with Crippen molar-refractivity contribution in [2.24, 2.45) is 0 Å². The summed E-state index contributed by atoms with van der Waals surface area (Å²) in [6, 6.07) is 0. The SMILES string of the molecule is C[C@H]1O[C@H](O)[C@H](O)[C@@H](O)[C@H]1O[C@@H]1O[C@H](CO)[C@@H](O)[C@H](O)[C@H]1O. The van der Waals surface area contributed by atoms with E-state index in [1.807, 2.05) is 0 Å². The minimum Gasteiger partial charge on any atom is -0.394 e. The number of rotatable bonds is 3. The summed E-state index contributed by atoms with van der Waals surface area (Å²) in [6.07, 6.45) is -14.2. The topological polar surface area (TPSA) is 169 Å². The molecule has 0 aromatic heterocycles. The number of ether oxygens (including phenoxy) is 3. The predicted octanol–water partition coefficient (Wildman–Crippen LogP) is -4.37. The molecule has 2 rings (SSSR count). The van der Waals surface area contributed by atoms with Crippen molar-refractivity contribution in [3.05, 3.63) is 0 Å².